The van der Waals surface area contributed by atoms with E-state index < -0.39 is 0 Å². The first-order valence-corrected chi connectivity index (χ1v) is 6.68. The lowest BCUT2D eigenvalue weighted by molar-refractivity contribution is 0.0949. The average molecular weight is 397 g/mol. The van der Waals surface area contributed by atoms with Crippen LogP contribution in [0.3, 0.4) is 0 Å². The Morgan fingerprint density at radius 2 is 2.22 bits per heavy atom. The molecule has 0 bridgehead atoms. The second-order valence-electron chi connectivity index (χ2n) is 3.36. The van der Waals surface area contributed by atoms with Gasteiger partial charge in [0.1, 0.15) is 12.2 Å². The molecule has 0 aliphatic heterocycles. The van der Waals surface area contributed by atoms with Gasteiger partial charge in [-0.05, 0) is 34.7 Å². The number of halogens is 3. The van der Waals surface area contributed by atoms with Crippen LogP contribution in [0, 0.1) is 3.57 Å². The third kappa shape index (κ3) is 3.12. The van der Waals surface area contributed by atoms with E-state index in [9.17, 15) is 4.79 Å². The molecular weight excluding hydrogens is 390 g/mol. The quantitative estimate of drug-likeness (QED) is 0.618. The summed E-state index contributed by atoms with van der Waals surface area (Å²) in [6.07, 6.45) is 1.38. The molecule has 0 spiro atoms. The number of nitrogens with zero attached hydrogens (tertiary/aromatic N) is 2. The summed E-state index contributed by atoms with van der Waals surface area (Å²) >= 11 is 13.8. The Morgan fingerprint density at radius 3 is 2.89 bits per heavy atom. The number of rotatable bonds is 3. The summed E-state index contributed by atoms with van der Waals surface area (Å²) in [7, 11) is 0. The van der Waals surface area contributed by atoms with E-state index in [2.05, 4.69) is 20.5 Å². The van der Waals surface area contributed by atoms with Crippen molar-refractivity contribution in [2.75, 3.05) is 0 Å². The highest BCUT2D eigenvalue weighted by atomic mass is 127. The number of hydrogen-bond donors (Lipinski definition) is 2. The molecule has 2 aromatic rings. The number of nitrogens with one attached hydrogen (secondary N) is 2. The molecule has 94 valence electrons. The first-order chi connectivity index (χ1) is 8.58. The van der Waals surface area contributed by atoms with Gasteiger partial charge in [0, 0.05) is 8.59 Å². The van der Waals surface area contributed by atoms with Crippen molar-refractivity contribution in [1.29, 1.82) is 0 Å². The zero-order chi connectivity index (χ0) is 13.1. The fourth-order valence-corrected chi connectivity index (χ4v) is 2.35. The minimum Gasteiger partial charge on any atom is -0.345 e. The van der Waals surface area contributed by atoms with Gasteiger partial charge >= 0.3 is 0 Å². The average Bonchev–Trinajstić information content (AvgIpc) is 2.83. The van der Waals surface area contributed by atoms with Crippen LogP contribution in [0.15, 0.2) is 18.5 Å². The molecule has 5 nitrogen and oxygen atoms in total. The van der Waals surface area contributed by atoms with E-state index in [0.717, 1.165) is 0 Å². The second kappa shape index (κ2) is 5.85. The van der Waals surface area contributed by atoms with Crippen molar-refractivity contribution in [2.45, 2.75) is 6.54 Å². The van der Waals surface area contributed by atoms with Gasteiger partial charge in [-0.3, -0.25) is 9.89 Å². The van der Waals surface area contributed by atoms with Gasteiger partial charge in [0.25, 0.3) is 5.91 Å². The molecule has 0 atom stereocenters. The van der Waals surface area contributed by atoms with Crippen LogP contribution in [0.2, 0.25) is 10.0 Å². The Kier molecular flexibility index (Phi) is 4.41. The molecule has 8 heteroatoms. The van der Waals surface area contributed by atoms with Crippen molar-refractivity contribution >= 4 is 51.7 Å². The van der Waals surface area contributed by atoms with Crippen LogP contribution in [0.1, 0.15) is 16.2 Å². The van der Waals surface area contributed by atoms with E-state index >= 15 is 0 Å². The number of benzene rings is 1. The summed E-state index contributed by atoms with van der Waals surface area (Å²) < 4.78 is 0.661. The number of carbonyl (C=O) groups excluding carboxylic acids is 1. The maximum Gasteiger partial charge on any atom is 0.252 e. The van der Waals surface area contributed by atoms with Crippen LogP contribution >= 0.6 is 45.8 Å². The third-order valence-corrected chi connectivity index (χ3v) is 4.12. The van der Waals surface area contributed by atoms with E-state index in [1.807, 2.05) is 22.6 Å². The highest BCUT2D eigenvalue weighted by molar-refractivity contribution is 14.1. The fraction of sp³-hybridized carbons (Fsp3) is 0.100. The van der Waals surface area contributed by atoms with Gasteiger partial charge in [0.15, 0.2) is 0 Å². The Balaban J connectivity index is 2.14. The molecule has 0 radical (unpaired) electrons. The molecule has 2 N–H and O–H groups in total. The molecule has 0 saturated carbocycles. The van der Waals surface area contributed by atoms with Crippen molar-refractivity contribution in [1.82, 2.24) is 20.5 Å². The monoisotopic (exact) mass is 396 g/mol. The minimum absolute atomic E-state index is 0.263. The molecule has 0 unspecified atom stereocenters. The summed E-state index contributed by atoms with van der Waals surface area (Å²) in [5.41, 5.74) is 0.438. The molecule has 0 fully saturated rings. The van der Waals surface area contributed by atoms with E-state index in [1.54, 1.807) is 12.1 Å². The first-order valence-electron chi connectivity index (χ1n) is 4.85. The zero-order valence-corrected chi connectivity index (χ0v) is 12.5. The van der Waals surface area contributed by atoms with Crippen molar-refractivity contribution in [3.63, 3.8) is 0 Å². The summed E-state index contributed by atoms with van der Waals surface area (Å²) in [5, 5.41) is 9.91. The zero-order valence-electron chi connectivity index (χ0n) is 8.88. The van der Waals surface area contributed by atoms with Crippen LogP contribution in [0.5, 0.6) is 0 Å². The van der Waals surface area contributed by atoms with E-state index in [1.165, 1.54) is 6.33 Å². The molecule has 1 amide bonds. The normalized spacial score (nSPS) is 10.4. The standard InChI is InChI=1S/C10H7Cl2IN4O/c11-5-1-6(9(13)7(12)2-5)10(18)14-3-8-15-4-16-17-8/h1-2,4H,3H2,(H,14,18)(H,15,16,17). The van der Waals surface area contributed by atoms with Crippen LogP contribution in [0.25, 0.3) is 0 Å². The molecule has 0 aliphatic rings. The van der Waals surface area contributed by atoms with Gasteiger partial charge < -0.3 is 5.32 Å². The lowest BCUT2D eigenvalue weighted by atomic mass is 10.2. The smallest absolute Gasteiger partial charge is 0.252 e. The van der Waals surface area contributed by atoms with Crippen molar-refractivity contribution < 1.29 is 4.79 Å². The largest absolute Gasteiger partial charge is 0.345 e. The van der Waals surface area contributed by atoms with Crippen LogP contribution in [-0.4, -0.2) is 21.1 Å². The van der Waals surface area contributed by atoms with Crippen molar-refractivity contribution in [3.8, 4) is 0 Å². The SMILES string of the molecule is O=C(NCc1ncn[nH]1)c1cc(Cl)cc(Cl)c1I. The number of amides is 1. The molecule has 1 aromatic heterocycles. The molecule has 2 rings (SSSR count). The molecular formula is C10H7Cl2IN4O. The Morgan fingerprint density at radius 1 is 1.44 bits per heavy atom. The second-order valence-corrected chi connectivity index (χ2v) is 5.29. The van der Waals surface area contributed by atoms with E-state index in [0.29, 0.717) is 25.0 Å². The topological polar surface area (TPSA) is 70.7 Å². The molecule has 1 heterocycles. The Labute approximate surface area is 126 Å². The molecule has 0 aliphatic carbocycles. The number of hydrogen-bond acceptors (Lipinski definition) is 3. The summed E-state index contributed by atoms with van der Waals surface area (Å²) in [5.74, 6) is 0.312. The molecule has 1 aromatic carbocycles. The first kappa shape index (κ1) is 13.6. The van der Waals surface area contributed by atoms with Crippen LogP contribution in [-0.2, 0) is 6.54 Å². The molecule has 18 heavy (non-hydrogen) atoms. The van der Waals surface area contributed by atoms with Crippen LogP contribution in [0.4, 0.5) is 0 Å². The van der Waals surface area contributed by atoms with Crippen LogP contribution < -0.4 is 5.32 Å². The predicted octanol–water partition coefficient (Wildman–Crippen LogP) is 2.65. The third-order valence-electron chi connectivity index (χ3n) is 2.12. The number of aromatic nitrogens is 3. The van der Waals surface area contributed by atoms with Gasteiger partial charge in [-0.1, -0.05) is 23.2 Å². The maximum atomic E-state index is 12.0. The fourth-order valence-electron chi connectivity index (χ4n) is 1.30. The minimum atomic E-state index is -0.264. The Hall–Kier alpha value is -0.860. The van der Waals surface area contributed by atoms with Gasteiger partial charge in [-0.25, -0.2) is 4.98 Å². The van der Waals surface area contributed by atoms with Crippen molar-refractivity contribution in [2.24, 2.45) is 0 Å². The maximum absolute atomic E-state index is 12.0. The summed E-state index contributed by atoms with van der Waals surface area (Å²) in [4.78, 5) is 15.9. The lowest BCUT2D eigenvalue weighted by Gasteiger charge is -2.07. The number of aromatic amines is 1. The van der Waals surface area contributed by atoms with Gasteiger partial charge in [0.2, 0.25) is 0 Å². The van der Waals surface area contributed by atoms with Crippen molar-refractivity contribution in [3.05, 3.63) is 43.5 Å². The highest BCUT2D eigenvalue weighted by Gasteiger charge is 2.14. The molecule has 0 saturated heterocycles. The van der Waals surface area contributed by atoms with E-state index in [-0.39, 0.29) is 12.5 Å². The summed E-state index contributed by atoms with van der Waals surface area (Å²) in [6.45, 7) is 0.263. The Bertz CT molecular complexity index is 574. The van der Waals surface area contributed by atoms with E-state index in [4.69, 9.17) is 23.2 Å². The number of carbonyl (C=O) groups is 1. The lowest BCUT2D eigenvalue weighted by Crippen LogP contribution is -2.24. The van der Waals surface area contributed by atoms with Gasteiger partial charge in [-0.15, -0.1) is 0 Å². The highest BCUT2D eigenvalue weighted by Crippen LogP contribution is 2.26. The predicted molar refractivity (Wildman–Crippen MR) is 76.7 cm³/mol. The number of H-pyrrole nitrogens is 1. The van der Waals surface area contributed by atoms with Gasteiger partial charge in [-0.2, -0.15) is 5.10 Å². The summed E-state index contributed by atoms with van der Waals surface area (Å²) in [6, 6.07) is 3.17. The van der Waals surface area contributed by atoms with Gasteiger partial charge in [0.05, 0.1) is 17.1 Å².